The maximum absolute atomic E-state index is 11.0. The van der Waals surface area contributed by atoms with Gasteiger partial charge >= 0.3 is 5.97 Å². The Labute approximate surface area is 130 Å². The van der Waals surface area contributed by atoms with Gasteiger partial charge in [-0.2, -0.15) is 0 Å². The fraction of sp³-hybridized carbons (Fsp3) is 0.533. The fourth-order valence-corrected chi connectivity index (χ4v) is 1.98. The number of hydrogen-bond acceptors (Lipinski definition) is 5. The summed E-state index contributed by atoms with van der Waals surface area (Å²) >= 11 is 1.52. The molecule has 0 aliphatic heterocycles. The number of aliphatic carboxylic acids is 1. The Kier molecular flexibility index (Phi) is 11.3. The third kappa shape index (κ3) is 8.37. The number of nitrogens with zero attached hydrogens (tertiary/aromatic N) is 2. The highest BCUT2D eigenvalue weighted by atomic mass is 32.1. The van der Waals surface area contributed by atoms with Crippen LogP contribution in [0.2, 0.25) is 0 Å². The van der Waals surface area contributed by atoms with Crippen molar-refractivity contribution in [2.75, 3.05) is 6.54 Å². The molecule has 118 valence electrons. The molecule has 1 rings (SSSR count). The van der Waals surface area contributed by atoms with Crippen molar-refractivity contribution in [3.63, 3.8) is 0 Å². The monoisotopic (exact) mass is 311 g/mol. The molecule has 0 amide bonds. The van der Waals surface area contributed by atoms with Crippen molar-refractivity contribution in [3.05, 3.63) is 22.2 Å². The molecule has 1 aromatic heterocycles. The average molecular weight is 311 g/mol. The van der Waals surface area contributed by atoms with Gasteiger partial charge in [0.2, 0.25) is 0 Å². The zero-order valence-electron chi connectivity index (χ0n) is 13.0. The summed E-state index contributed by atoms with van der Waals surface area (Å²) in [6.07, 6.45) is 5.46. The average Bonchev–Trinajstić information content (AvgIpc) is 3.00. The van der Waals surface area contributed by atoms with E-state index in [1.54, 1.807) is 11.7 Å². The lowest BCUT2D eigenvalue weighted by Gasteiger charge is -2.06. The minimum absolute atomic E-state index is 0.468. The second-order valence-electron chi connectivity index (χ2n) is 4.05. The number of carboxylic acid groups (broad SMARTS) is 1. The fourth-order valence-electron chi connectivity index (χ4n) is 1.47. The van der Waals surface area contributed by atoms with Gasteiger partial charge in [0.05, 0.1) is 11.2 Å². The summed E-state index contributed by atoms with van der Waals surface area (Å²) in [5, 5.41) is 11.0. The van der Waals surface area contributed by atoms with E-state index in [4.69, 9.17) is 10.8 Å². The zero-order chi connectivity index (χ0) is 16.1. The first-order valence-corrected chi connectivity index (χ1v) is 8.16. The van der Waals surface area contributed by atoms with Crippen molar-refractivity contribution in [2.24, 2.45) is 10.7 Å². The first-order valence-electron chi connectivity index (χ1n) is 7.22. The van der Waals surface area contributed by atoms with Gasteiger partial charge in [-0.05, 0) is 37.5 Å². The van der Waals surface area contributed by atoms with Gasteiger partial charge < -0.3 is 10.8 Å². The van der Waals surface area contributed by atoms with Crippen LogP contribution in [0.4, 0.5) is 0 Å². The Morgan fingerprint density at radius 2 is 2.29 bits per heavy atom. The molecule has 0 fully saturated rings. The van der Waals surface area contributed by atoms with Crippen LogP contribution in [0.5, 0.6) is 0 Å². The van der Waals surface area contributed by atoms with Gasteiger partial charge in [0.15, 0.2) is 0 Å². The molecule has 3 N–H and O–H groups in total. The second-order valence-corrected chi connectivity index (χ2v) is 4.77. The zero-order valence-corrected chi connectivity index (χ0v) is 13.8. The molecule has 0 aliphatic rings. The standard InChI is InChI=1S/C13H19N3O2S.C2H6/c1-2-10(6-11-8-19-9-16-11)7-15-12(13(17)18)4-3-5-14;1-2/h6-9,12H,2-5,14H2,1H3,(H,17,18);1-2H3/b10-6+,15-7?;. The van der Waals surface area contributed by atoms with E-state index in [1.807, 2.05) is 32.2 Å². The SMILES string of the molecule is CC.CC/C(C=NC(CCCN)C(=O)O)=C\c1cscn1. The van der Waals surface area contributed by atoms with E-state index in [-0.39, 0.29) is 0 Å². The molecule has 0 saturated carbocycles. The summed E-state index contributed by atoms with van der Waals surface area (Å²) in [7, 11) is 0. The Morgan fingerprint density at radius 1 is 1.57 bits per heavy atom. The third-order valence-electron chi connectivity index (χ3n) is 2.58. The molecule has 1 unspecified atom stereocenters. The van der Waals surface area contributed by atoms with Crippen molar-refractivity contribution in [1.82, 2.24) is 4.98 Å². The minimum atomic E-state index is -0.909. The summed E-state index contributed by atoms with van der Waals surface area (Å²) < 4.78 is 0. The van der Waals surface area contributed by atoms with Gasteiger partial charge in [-0.25, -0.2) is 9.78 Å². The lowest BCUT2D eigenvalue weighted by Crippen LogP contribution is -2.19. The van der Waals surface area contributed by atoms with Crippen LogP contribution in [0.1, 0.15) is 45.7 Å². The molecule has 0 bridgehead atoms. The Balaban J connectivity index is 0.00000191. The van der Waals surface area contributed by atoms with Gasteiger partial charge in [-0.1, -0.05) is 20.8 Å². The summed E-state index contributed by atoms with van der Waals surface area (Å²) in [6, 6.07) is -0.714. The van der Waals surface area contributed by atoms with E-state index in [0.29, 0.717) is 19.4 Å². The van der Waals surface area contributed by atoms with Crippen LogP contribution >= 0.6 is 11.3 Å². The molecule has 1 heterocycles. The smallest absolute Gasteiger partial charge is 0.328 e. The molecule has 1 aromatic rings. The van der Waals surface area contributed by atoms with Crippen LogP contribution in [0.3, 0.4) is 0 Å². The van der Waals surface area contributed by atoms with Gasteiger partial charge in [0.25, 0.3) is 0 Å². The number of rotatable bonds is 8. The highest BCUT2D eigenvalue weighted by Crippen LogP contribution is 2.10. The lowest BCUT2D eigenvalue weighted by atomic mass is 10.1. The Morgan fingerprint density at radius 3 is 2.76 bits per heavy atom. The number of carboxylic acids is 1. The molecular formula is C15H25N3O2S. The van der Waals surface area contributed by atoms with Crippen molar-refractivity contribution >= 4 is 29.6 Å². The first-order chi connectivity index (χ1) is 10.2. The maximum atomic E-state index is 11.0. The Bertz CT molecular complexity index is 442. The molecule has 0 spiro atoms. The largest absolute Gasteiger partial charge is 0.480 e. The van der Waals surface area contributed by atoms with Crippen molar-refractivity contribution in [3.8, 4) is 0 Å². The van der Waals surface area contributed by atoms with Gasteiger partial charge in [0.1, 0.15) is 6.04 Å². The number of nitrogens with two attached hydrogens (primary N) is 1. The Hall–Kier alpha value is -1.53. The van der Waals surface area contributed by atoms with E-state index in [9.17, 15) is 4.79 Å². The molecule has 21 heavy (non-hydrogen) atoms. The molecule has 0 radical (unpaired) electrons. The quantitative estimate of drug-likeness (QED) is 0.721. The van der Waals surface area contributed by atoms with Crippen LogP contribution in [-0.4, -0.2) is 34.9 Å². The summed E-state index contributed by atoms with van der Waals surface area (Å²) in [4.78, 5) is 19.3. The normalized spacial score (nSPS) is 12.9. The highest BCUT2D eigenvalue weighted by molar-refractivity contribution is 7.07. The van der Waals surface area contributed by atoms with E-state index in [1.165, 1.54) is 11.3 Å². The number of allylic oxidation sites excluding steroid dienone is 1. The van der Waals surface area contributed by atoms with E-state index < -0.39 is 12.0 Å². The summed E-state index contributed by atoms with van der Waals surface area (Å²) in [6.45, 7) is 6.48. The van der Waals surface area contributed by atoms with E-state index in [0.717, 1.165) is 17.7 Å². The molecule has 1 atom stereocenters. The summed E-state index contributed by atoms with van der Waals surface area (Å²) in [5.74, 6) is -0.909. The van der Waals surface area contributed by atoms with Gasteiger partial charge in [-0.15, -0.1) is 11.3 Å². The van der Waals surface area contributed by atoms with Crippen molar-refractivity contribution in [1.29, 1.82) is 0 Å². The number of hydrogen-bond donors (Lipinski definition) is 2. The third-order valence-corrected chi connectivity index (χ3v) is 3.18. The first kappa shape index (κ1) is 19.5. The minimum Gasteiger partial charge on any atom is -0.480 e. The van der Waals surface area contributed by atoms with Crippen LogP contribution < -0.4 is 5.73 Å². The van der Waals surface area contributed by atoms with Crippen LogP contribution in [0.15, 0.2) is 21.5 Å². The van der Waals surface area contributed by atoms with Crippen LogP contribution in [0.25, 0.3) is 6.08 Å². The maximum Gasteiger partial charge on any atom is 0.328 e. The predicted molar refractivity (Wildman–Crippen MR) is 89.9 cm³/mol. The molecule has 0 aliphatic carbocycles. The molecular weight excluding hydrogens is 286 g/mol. The predicted octanol–water partition coefficient (Wildman–Crippen LogP) is 3.23. The number of aliphatic imine (C=N–C) groups is 1. The van der Waals surface area contributed by atoms with Gasteiger partial charge in [0, 0.05) is 11.6 Å². The van der Waals surface area contributed by atoms with Crippen molar-refractivity contribution < 1.29 is 9.90 Å². The highest BCUT2D eigenvalue weighted by Gasteiger charge is 2.14. The van der Waals surface area contributed by atoms with E-state index >= 15 is 0 Å². The van der Waals surface area contributed by atoms with Crippen LogP contribution in [0, 0.1) is 0 Å². The molecule has 6 heteroatoms. The number of thiazole rings is 1. The molecule has 0 saturated heterocycles. The van der Waals surface area contributed by atoms with Gasteiger partial charge in [-0.3, -0.25) is 4.99 Å². The summed E-state index contributed by atoms with van der Waals surface area (Å²) in [5.41, 5.74) is 8.99. The number of aromatic nitrogens is 1. The molecule has 0 aromatic carbocycles. The second kappa shape index (κ2) is 12.2. The number of carbonyl (C=O) groups is 1. The van der Waals surface area contributed by atoms with Crippen LogP contribution in [-0.2, 0) is 4.79 Å². The lowest BCUT2D eigenvalue weighted by molar-refractivity contribution is -0.138. The van der Waals surface area contributed by atoms with Crippen molar-refractivity contribution in [2.45, 2.75) is 46.1 Å². The van der Waals surface area contributed by atoms with E-state index in [2.05, 4.69) is 9.98 Å². The topological polar surface area (TPSA) is 88.6 Å². The molecule has 5 nitrogen and oxygen atoms in total.